The number of aryl methyl sites for hydroxylation is 2. The molecule has 1 N–H and O–H groups in total. The second-order valence-electron chi connectivity index (χ2n) is 9.01. The van der Waals surface area contributed by atoms with E-state index in [1.54, 1.807) is 25.1 Å². The Bertz CT molecular complexity index is 1160. The van der Waals surface area contributed by atoms with Crippen LogP contribution in [0.2, 0.25) is 0 Å². The molecule has 3 heterocycles. The lowest BCUT2D eigenvalue weighted by atomic mass is 10.2. The van der Waals surface area contributed by atoms with Gasteiger partial charge in [-0.15, -0.1) is 0 Å². The number of nitrogens with zero attached hydrogens (tertiary/aromatic N) is 6. The Kier molecular flexibility index (Phi) is 7.06. The van der Waals surface area contributed by atoms with Gasteiger partial charge in [-0.1, -0.05) is 0 Å². The van der Waals surface area contributed by atoms with Gasteiger partial charge in [0.15, 0.2) is 0 Å². The van der Waals surface area contributed by atoms with E-state index in [2.05, 4.69) is 32.0 Å². The summed E-state index contributed by atoms with van der Waals surface area (Å²) < 4.78 is 28.1. The minimum Gasteiger partial charge on any atom is -0.354 e. The molecule has 34 heavy (non-hydrogen) atoms. The van der Waals surface area contributed by atoms with Crippen molar-refractivity contribution in [2.24, 2.45) is 0 Å². The normalized spacial score (nSPS) is 18.2. The van der Waals surface area contributed by atoms with E-state index in [9.17, 15) is 13.2 Å². The molecule has 4 rings (SSSR count). The molecule has 2 saturated heterocycles. The van der Waals surface area contributed by atoms with Gasteiger partial charge in [0.25, 0.3) is 0 Å². The summed E-state index contributed by atoms with van der Waals surface area (Å²) in [6, 6.07) is 6.89. The van der Waals surface area contributed by atoms with Gasteiger partial charge in [-0.25, -0.2) is 13.4 Å². The molecule has 2 fully saturated rings. The van der Waals surface area contributed by atoms with Gasteiger partial charge >= 0.3 is 0 Å². The highest BCUT2D eigenvalue weighted by Gasteiger charge is 2.31. The second-order valence-corrected chi connectivity index (χ2v) is 10.9. The lowest BCUT2D eigenvalue weighted by molar-refractivity contribution is -0.114. The average Bonchev–Trinajstić information content (AvgIpc) is 2.78. The van der Waals surface area contributed by atoms with Crippen LogP contribution < -0.4 is 15.1 Å². The lowest BCUT2D eigenvalue weighted by Crippen LogP contribution is -2.49. The van der Waals surface area contributed by atoms with Gasteiger partial charge in [-0.3, -0.25) is 4.79 Å². The third-order valence-electron chi connectivity index (χ3n) is 6.29. The van der Waals surface area contributed by atoms with Crippen LogP contribution >= 0.6 is 0 Å². The van der Waals surface area contributed by atoms with Crippen LogP contribution in [0.15, 0.2) is 29.2 Å². The van der Waals surface area contributed by atoms with Gasteiger partial charge in [0, 0.05) is 76.7 Å². The molecule has 1 aromatic heterocycles. The van der Waals surface area contributed by atoms with Crippen molar-refractivity contribution in [2.75, 3.05) is 74.5 Å². The van der Waals surface area contributed by atoms with Crippen molar-refractivity contribution < 1.29 is 13.2 Å². The van der Waals surface area contributed by atoms with E-state index in [0.29, 0.717) is 43.4 Å². The third-order valence-corrected chi connectivity index (χ3v) is 8.35. The predicted molar refractivity (Wildman–Crippen MR) is 133 cm³/mol. The van der Waals surface area contributed by atoms with Crippen LogP contribution in [0, 0.1) is 13.8 Å². The first-order chi connectivity index (χ1) is 16.1. The minimum absolute atomic E-state index is 0.194. The first-order valence-electron chi connectivity index (χ1n) is 11.6. The van der Waals surface area contributed by atoms with Crippen molar-refractivity contribution in [3.05, 3.63) is 35.5 Å². The first-order valence-corrected chi connectivity index (χ1v) is 13.0. The van der Waals surface area contributed by atoms with E-state index < -0.39 is 10.0 Å². The summed E-state index contributed by atoms with van der Waals surface area (Å²) in [6.45, 7) is 10.8. The molecule has 184 valence electrons. The number of benzene rings is 1. The molecular formula is C23H33N7O3S. The van der Waals surface area contributed by atoms with E-state index in [4.69, 9.17) is 4.98 Å². The molecule has 0 spiro atoms. The van der Waals surface area contributed by atoms with Crippen molar-refractivity contribution in [1.82, 2.24) is 19.2 Å². The number of hydrogen-bond acceptors (Lipinski definition) is 8. The summed E-state index contributed by atoms with van der Waals surface area (Å²) in [5.41, 5.74) is 2.10. The number of carbonyl (C=O) groups excluding carboxylic acids is 1. The fourth-order valence-corrected chi connectivity index (χ4v) is 5.99. The maximum absolute atomic E-state index is 13.3. The smallest absolute Gasteiger partial charge is 0.243 e. The lowest BCUT2D eigenvalue weighted by Gasteiger charge is -2.36. The number of piperazine rings is 2. The molecule has 0 saturated carbocycles. The Morgan fingerprint density at radius 2 is 1.56 bits per heavy atom. The Balaban J connectivity index is 1.45. The van der Waals surface area contributed by atoms with E-state index >= 15 is 0 Å². The van der Waals surface area contributed by atoms with E-state index in [1.807, 2.05) is 13.0 Å². The van der Waals surface area contributed by atoms with Crippen LogP contribution in [0.4, 0.5) is 17.5 Å². The van der Waals surface area contributed by atoms with Crippen LogP contribution in [0.3, 0.4) is 0 Å². The first kappa shape index (κ1) is 24.4. The number of sulfonamides is 1. The fourth-order valence-electron chi connectivity index (χ4n) is 4.36. The van der Waals surface area contributed by atoms with E-state index in [0.717, 1.165) is 37.7 Å². The SMILES string of the molecule is CC(=O)Nc1ccc(S(=O)(=O)N2CCN(c3nc(C)cc(N4CCN(C)CC4)n3)CC2)c(C)c1. The molecule has 1 aromatic carbocycles. The van der Waals surface area contributed by atoms with Crippen molar-refractivity contribution >= 4 is 33.4 Å². The molecule has 0 radical (unpaired) electrons. The minimum atomic E-state index is -3.64. The zero-order valence-corrected chi connectivity index (χ0v) is 21.1. The zero-order chi connectivity index (χ0) is 24.5. The summed E-state index contributed by atoms with van der Waals surface area (Å²) >= 11 is 0. The Labute approximate surface area is 201 Å². The third kappa shape index (κ3) is 5.31. The van der Waals surface area contributed by atoms with Crippen molar-refractivity contribution in [3.63, 3.8) is 0 Å². The predicted octanol–water partition coefficient (Wildman–Crippen LogP) is 1.31. The van der Waals surface area contributed by atoms with Crippen molar-refractivity contribution in [2.45, 2.75) is 25.7 Å². The molecular weight excluding hydrogens is 454 g/mol. The molecule has 0 bridgehead atoms. The highest BCUT2D eigenvalue weighted by Crippen LogP contribution is 2.25. The summed E-state index contributed by atoms with van der Waals surface area (Å²) in [4.78, 5) is 27.7. The topological polar surface area (TPSA) is 102 Å². The summed E-state index contributed by atoms with van der Waals surface area (Å²) in [5, 5.41) is 2.69. The molecule has 1 amide bonds. The Hall–Kier alpha value is -2.76. The Morgan fingerprint density at radius 3 is 2.18 bits per heavy atom. The largest absolute Gasteiger partial charge is 0.354 e. The van der Waals surface area contributed by atoms with Gasteiger partial charge in [-0.2, -0.15) is 9.29 Å². The number of rotatable bonds is 5. The number of aromatic nitrogens is 2. The summed E-state index contributed by atoms with van der Waals surface area (Å²) in [7, 11) is -1.52. The Morgan fingerprint density at radius 1 is 0.912 bits per heavy atom. The van der Waals surface area contributed by atoms with Gasteiger partial charge in [0.05, 0.1) is 4.90 Å². The number of likely N-dealkylation sites (N-methyl/N-ethyl adjacent to an activating group) is 1. The number of anilines is 3. The standard InChI is InChI=1S/C23H33N7O3S/c1-17-15-20(25-19(3)31)5-6-21(17)34(32,33)30-13-11-29(12-14-30)23-24-18(2)16-22(26-23)28-9-7-27(4)8-10-28/h5-6,15-16H,7-14H2,1-4H3,(H,25,31). The van der Waals surface area contributed by atoms with Gasteiger partial charge in [0.1, 0.15) is 5.82 Å². The van der Waals surface area contributed by atoms with Crippen LogP contribution in [0.1, 0.15) is 18.2 Å². The quantitative estimate of drug-likeness (QED) is 0.674. The van der Waals surface area contributed by atoms with Gasteiger partial charge < -0.3 is 20.0 Å². The van der Waals surface area contributed by atoms with Crippen LogP contribution in [-0.4, -0.2) is 92.9 Å². The maximum atomic E-state index is 13.3. The summed E-state index contributed by atoms with van der Waals surface area (Å²) in [6.07, 6.45) is 0. The number of hydrogen-bond donors (Lipinski definition) is 1. The highest BCUT2D eigenvalue weighted by atomic mass is 32.2. The summed E-state index contributed by atoms with van der Waals surface area (Å²) in [5.74, 6) is 1.39. The maximum Gasteiger partial charge on any atom is 0.243 e. The van der Waals surface area contributed by atoms with Crippen LogP contribution in [-0.2, 0) is 14.8 Å². The molecule has 10 nitrogen and oxygen atoms in total. The van der Waals surface area contributed by atoms with Gasteiger partial charge in [0.2, 0.25) is 21.9 Å². The molecule has 0 unspecified atom stereocenters. The number of amides is 1. The highest BCUT2D eigenvalue weighted by molar-refractivity contribution is 7.89. The van der Waals surface area contributed by atoms with Crippen molar-refractivity contribution in [1.29, 1.82) is 0 Å². The van der Waals surface area contributed by atoms with E-state index in [-0.39, 0.29) is 10.8 Å². The monoisotopic (exact) mass is 487 g/mol. The average molecular weight is 488 g/mol. The molecule has 2 aromatic rings. The fraction of sp³-hybridized carbons (Fsp3) is 0.522. The molecule has 2 aliphatic heterocycles. The van der Waals surface area contributed by atoms with Crippen LogP contribution in [0.5, 0.6) is 0 Å². The van der Waals surface area contributed by atoms with Gasteiger partial charge in [-0.05, 0) is 44.7 Å². The molecule has 2 aliphatic rings. The van der Waals surface area contributed by atoms with Crippen molar-refractivity contribution in [3.8, 4) is 0 Å². The van der Waals surface area contributed by atoms with Crippen LogP contribution in [0.25, 0.3) is 0 Å². The van der Waals surface area contributed by atoms with E-state index in [1.165, 1.54) is 11.2 Å². The molecule has 0 atom stereocenters. The zero-order valence-electron chi connectivity index (χ0n) is 20.3. The molecule has 0 aliphatic carbocycles. The number of carbonyl (C=O) groups is 1. The number of nitrogens with one attached hydrogen (secondary N) is 1. The second kappa shape index (κ2) is 9.85. The molecule has 11 heteroatoms.